The van der Waals surface area contributed by atoms with Crippen molar-refractivity contribution >= 4 is 17.9 Å². The average molecular weight is 998 g/mol. The lowest BCUT2D eigenvalue weighted by Gasteiger charge is -2.38. The molecule has 1 heterocycles. The Morgan fingerprint density at radius 2 is 0.671 bits per heavy atom. The van der Waals surface area contributed by atoms with Crippen molar-refractivity contribution in [3.05, 3.63) is 0 Å². The van der Waals surface area contributed by atoms with Gasteiger partial charge in [0.2, 0.25) is 0 Å². The van der Waals surface area contributed by atoms with E-state index in [1.54, 1.807) is 0 Å². The highest BCUT2D eigenvalue weighted by molar-refractivity contribution is 5.73. The van der Waals surface area contributed by atoms with E-state index in [1.165, 1.54) is 231 Å². The number of aliphatic hydroxyl groups excluding tert-OH is 3. The lowest BCUT2D eigenvalue weighted by atomic mass is 9.99. The number of aliphatic hydroxyl groups is 3. The zero-order valence-corrected chi connectivity index (χ0v) is 45.6. The van der Waals surface area contributed by atoms with Gasteiger partial charge >= 0.3 is 17.9 Å². The van der Waals surface area contributed by atoms with Gasteiger partial charge in [-0.1, -0.05) is 284 Å². The molecule has 6 atom stereocenters. The fraction of sp³-hybridized carbons (Fsp3) is 0.949. The predicted octanol–water partition coefficient (Wildman–Crippen LogP) is 15.3. The number of rotatable bonds is 53. The molecule has 414 valence electrons. The van der Waals surface area contributed by atoms with Crippen molar-refractivity contribution < 1.29 is 53.8 Å². The van der Waals surface area contributed by atoms with Crippen LogP contribution in [-0.4, -0.2) is 88.4 Å². The molecule has 11 heteroatoms. The van der Waals surface area contributed by atoms with Crippen molar-refractivity contribution in [1.29, 1.82) is 0 Å². The number of esters is 2. The molecule has 1 aliphatic rings. The molecule has 1 rings (SSSR count). The second-order valence-electron chi connectivity index (χ2n) is 21.2. The third-order valence-electron chi connectivity index (χ3n) is 14.5. The highest BCUT2D eigenvalue weighted by atomic mass is 16.7. The van der Waals surface area contributed by atoms with Gasteiger partial charge in [0.25, 0.3) is 0 Å². The SMILES string of the molecule is CCCCCCCCCCCCCCCCCCCCCCCCCC(=O)OCC(COC1OC(C(=O)O)C(O)C(O)C1O)OC(=O)CCCCCCCCCCCCCCCCCCCCCCC. The minimum atomic E-state index is -1.86. The Labute approximate surface area is 429 Å². The van der Waals surface area contributed by atoms with Crippen molar-refractivity contribution in [3.63, 3.8) is 0 Å². The Bertz CT molecular complexity index is 1170. The summed E-state index contributed by atoms with van der Waals surface area (Å²) in [6.07, 6.45) is 47.4. The molecule has 1 fully saturated rings. The average Bonchev–Trinajstić information content (AvgIpc) is 3.35. The van der Waals surface area contributed by atoms with E-state index in [0.717, 1.165) is 38.5 Å². The molecule has 11 nitrogen and oxygen atoms in total. The van der Waals surface area contributed by atoms with Crippen molar-refractivity contribution in [2.24, 2.45) is 0 Å². The summed E-state index contributed by atoms with van der Waals surface area (Å²) in [5.41, 5.74) is 0. The van der Waals surface area contributed by atoms with Crippen LogP contribution in [0.1, 0.15) is 309 Å². The first kappa shape index (κ1) is 66.2. The fourth-order valence-electron chi connectivity index (χ4n) is 9.77. The largest absolute Gasteiger partial charge is 0.479 e. The number of unbranched alkanes of at least 4 members (excludes halogenated alkanes) is 42. The summed E-state index contributed by atoms with van der Waals surface area (Å²) in [6.45, 7) is 3.90. The number of hydrogen-bond acceptors (Lipinski definition) is 10. The Hall–Kier alpha value is -1.79. The van der Waals surface area contributed by atoms with E-state index in [0.29, 0.717) is 12.8 Å². The standard InChI is InChI=1S/C59H112O11/c1-3-5-7-9-11-13-15-17-19-21-23-25-26-28-29-31-33-35-37-39-41-43-45-47-52(60)67-49-51(50-68-59-56(64)54(62)55(63)57(70-59)58(65)66)69-53(61)48-46-44-42-40-38-36-34-32-30-27-24-22-20-18-16-14-12-10-8-6-4-2/h51,54-57,59,62-64H,3-50H2,1-2H3,(H,65,66). The lowest BCUT2D eigenvalue weighted by Crippen LogP contribution is -2.60. The second kappa shape index (κ2) is 49.4. The van der Waals surface area contributed by atoms with Crippen LogP contribution < -0.4 is 0 Å². The van der Waals surface area contributed by atoms with Crippen LogP contribution in [0.2, 0.25) is 0 Å². The summed E-state index contributed by atoms with van der Waals surface area (Å²) in [5, 5.41) is 40.1. The number of ether oxygens (including phenoxy) is 4. The van der Waals surface area contributed by atoms with Gasteiger partial charge < -0.3 is 39.4 Å². The van der Waals surface area contributed by atoms with Crippen molar-refractivity contribution in [1.82, 2.24) is 0 Å². The van der Waals surface area contributed by atoms with E-state index in [4.69, 9.17) is 18.9 Å². The molecule has 1 saturated heterocycles. The van der Waals surface area contributed by atoms with Crippen LogP contribution in [0, 0.1) is 0 Å². The number of aliphatic carboxylic acids is 1. The van der Waals surface area contributed by atoms with Crippen LogP contribution in [0.4, 0.5) is 0 Å². The van der Waals surface area contributed by atoms with Gasteiger partial charge in [0.1, 0.15) is 24.9 Å². The quantitative estimate of drug-likeness (QED) is 0.0338. The lowest BCUT2D eigenvalue weighted by molar-refractivity contribution is -0.298. The Morgan fingerprint density at radius 3 is 0.971 bits per heavy atom. The Balaban J connectivity index is 2.20. The zero-order valence-electron chi connectivity index (χ0n) is 45.6. The maximum absolute atomic E-state index is 12.9. The first-order valence-electron chi connectivity index (χ1n) is 30.1. The molecule has 0 bridgehead atoms. The van der Waals surface area contributed by atoms with Gasteiger partial charge in [-0.15, -0.1) is 0 Å². The van der Waals surface area contributed by atoms with E-state index in [9.17, 15) is 34.8 Å². The summed E-state index contributed by atoms with van der Waals surface area (Å²) in [6, 6.07) is 0. The smallest absolute Gasteiger partial charge is 0.335 e. The topological polar surface area (TPSA) is 169 Å². The van der Waals surface area contributed by atoms with Crippen molar-refractivity contribution in [2.45, 2.75) is 346 Å². The van der Waals surface area contributed by atoms with Crippen LogP contribution >= 0.6 is 0 Å². The number of carboxylic acids is 1. The molecule has 70 heavy (non-hydrogen) atoms. The number of carboxylic acid groups (broad SMARTS) is 1. The number of carbonyl (C=O) groups excluding carboxylic acids is 2. The molecule has 0 spiro atoms. The Morgan fingerprint density at radius 1 is 0.386 bits per heavy atom. The summed E-state index contributed by atoms with van der Waals surface area (Å²) in [7, 11) is 0. The highest BCUT2D eigenvalue weighted by Crippen LogP contribution is 2.24. The minimum Gasteiger partial charge on any atom is -0.479 e. The third-order valence-corrected chi connectivity index (χ3v) is 14.5. The van der Waals surface area contributed by atoms with E-state index in [1.807, 2.05) is 0 Å². The fourth-order valence-corrected chi connectivity index (χ4v) is 9.77. The molecule has 1 aliphatic heterocycles. The van der Waals surface area contributed by atoms with Crippen LogP contribution in [0.25, 0.3) is 0 Å². The summed E-state index contributed by atoms with van der Waals surface area (Å²) < 4.78 is 21.9. The Kier molecular flexibility index (Phi) is 46.8. The van der Waals surface area contributed by atoms with Crippen LogP contribution in [0.5, 0.6) is 0 Å². The van der Waals surface area contributed by atoms with Gasteiger partial charge in [-0.3, -0.25) is 9.59 Å². The molecule has 0 saturated carbocycles. The second-order valence-corrected chi connectivity index (χ2v) is 21.2. The minimum absolute atomic E-state index is 0.192. The third kappa shape index (κ3) is 39.7. The molecule has 0 amide bonds. The normalized spacial score (nSPS) is 18.6. The molecule has 0 aromatic carbocycles. The van der Waals surface area contributed by atoms with E-state index in [-0.39, 0.29) is 26.1 Å². The molecule has 0 aromatic heterocycles. The molecule has 0 aliphatic carbocycles. The van der Waals surface area contributed by atoms with Crippen molar-refractivity contribution in [2.75, 3.05) is 13.2 Å². The zero-order chi connectivity index (χ0) is 51.0. The van der Waals surface area contributed by atoms with E-state index < -0.39 is 54.7 Å². The molecule has 6 unspecified atom stereocenters. The van der Waals surface area contributed by atoms with Crippen LogP contribution in [0.3, 0.4) is 0 Å². The van der Waals surface area contributed by atoms with Gasteiger partial charge in [0.05, 0.1) is 6.61 Å². The maximum atomic E-state index is 12.9. The van der Waals surface area contributed by atoms with E-state index in [2.05, 4.69) is 13.8 Å². The molecule has 0 aromatic rings. The van der Waals surface area contributed by atoms with E-state index >= 15 is 0 Å². The van der Waals surface area contributed by atoms with Gasteiger partial charge in [-0.2, -0.15) is 0 Å². The summed E-state index contributed by atoms with van der Waals surface area (Å²) in [5.74, 6) is -2.41. The van der Waals surface area contributed by atoms with Gasteiger partial charge in [-0.25, -0.2) is 4.79 Å². The number of carbonyl (C=O) groups is 3. The number of hydrogen-bond donors (Lipinski definition) is 4. The van der Waals surface area contributed by atoms with Gasteiger partial charge in [0, 0.05) is 12.8 Å². The molecule has 4 N–H and O–H groups in total. The molecular formula is C59H112O11. The van der Waals surface area contributed by atoms with Gasteiger partial charge in [-0.05, 0) is 12.8 Å². The molecule has 0 radical (unpaired) electrons. The first-order valence-corrected chi connectivity index (χ1v) is 30.1. The first-order chi connectivity index (χ1) is 34.2. The monoisotopic (exact) mass is 997 g/mol. The highest BCUT2D eigenvalue weighted by Gasteiger charge is 2.47. The van der Waals surface area contributed by atoms with Crippen LogP contribution in [-0.2, 0) is 33.3 Å². The molecular weight excluding hydrogens is 885 g/mol. The van der Waals surface area contributed by atoms with Crippen molar-refractivity contribution in [3.8, 4) is 0 Å². The summed E-state index contributed by atoms with van der Waals surface area (Å²) >= 11 is 0. The summed E-state index contributed by atoms with van der Waals surface area (Å²) in [4.78, 5) is 37.1. The van der Waals surface area contributed by atoms with Crippen LogP contribution in [0.15, 0.2) is 0 Å². The maximum Gasteiger partial charge on any atom is 0.335 e. The van der Waals surface area contributed by atoms with Gasteiger partial charge in [0.15, 0.2) is 18.5 Å². The predicted molar refractivity (Wildman–Crippen MR) is 285 cm³/mol.